The number of ether oxygens (including phenoxy) is 4. The average Bonchev–Trinajstić information content (AvgIpc) is 3.99. The van der Waals surface area contributed by atoms with E-state index in [0.29, 0.717) is 15.4 Å². The smallest absolute Gasteiger partial charge is 0.471 e. The molecule has 5 aliphatic rings. The summed E-state index contributed by atoms with van der Waals surface area (Å²) < 4.78 is 102. The number of alkyl halides is 6. The molecule has 1 aromatic carbocycles. The van der Waals surface area contributed by atoms with E-state index in [-0.39, 0.29) is 101 Å². The minimum absolute atomic E-state index is 0.0455. The molecule has 22 nitrogen and oxygen atoms in total. The van der Waals surface area contributed by atoms with Crippen LogP contribution in [0.4, 0.5) is 35.9 Å². The predicted molar refractivity (Wildman–Crippen MR) is 221 cm³/mol. The number of carbonyl (C=O) groups is 7. The van der Waals surface area contributed by atoms with E-state index in [0.717, 1.165) is 16.7 Å². The molecule has 0 radical (unpaired) electrons. The first-order valence-electron chi connectivity index (χ1n) is 21.6. The van der Waals surface area contributed by atoms with Crippen LogP contribution >= 0.6 is 11.8 Å². The normalized spacial score (nSPS) is 29.0. The van der Waals surface area contributed by atoms with Crippen LogP contribution in [-0.2, 0) is 40.0 Å². The molecule has 8 amide bonds. The van der Waals surface area contributed by atoms with Crippen LogP contribution in [0.1, 0.15) is 31.7 Å². The lowest BCUT2D eigenvalue weighted by Crippen LogP contribution is -2.63. The number of hydrogen-bond donors (Lipinski definition) is 8. The van der Waals surface area contributed by atoms with Gasteiger partial charge in [0.25, 0.3) is 0 Å². The fraction of sp³-hybridized carbons (Fsp3) is 0.675. The number of nitrogens with one attached hydrogen (secondary N) is 4. The number of amides is 8. The lowest BCUT2D eigenvalue weighted by atomic mass is 9.93. The first kappa shape index (κ1) is 53.2. The van der Waals surface area contributed by atoms with Gasteiger partial charge in [0.2, 0.25) is 11.8 Å². The molecule has 0 bridgehead atoms. The first-order chi connectivity index (χ1) is 32.5. The van der Waals surface area contributed by atoms with Gasteiger partial charge in [-0.05, 0) is 37.5 Å². The Kier molecular flexibility index (Phi) is 17.1. The average molecular weight is 1020 g/mol. The van der Waals surface area contributed by atoms with Crippen molar-refractivity contribution in [2.24, 2.45) is 0 Å². The van der Waals surface area contributed by atoms with Crippen molar-refractivity contribution in [1.82, 2.24) is 36.0 Å². The van der Waals surface area contributed by atoms with Crippen molar-refractivity contribution in [3.63, 3.8) is 0 Å². The lowest BCUT2D eigenvalue weighted by Gasteiger charge is -2.42. The summed E-state index contributed by atoms with van der Waals surface area (Å²) in [6, 6.07) is 0.00146. The van der Waals surface area contributed by atoms with E-state index in [1.54, 1.807) is 6.07 Å². The van der Waals surface area contributed by atoms with E-state index in [2.05, 4.69) is 21.3 Å². The molecule has 0 aliphatic carbocycles. The number of halogens is 6. The SMILES string of the molecule is CC(=O)CSC1CC(=O)N(Cc2ccc(OCCNC(=O)NCC3O[C@H]4CCN(C(=O)C(F)(F)F)[C@H]4[C@@H](O)[C@H]3O)c(OCCNC(=O)NC[C@H]3O[C@H]4CCN(C(=O)C(F)(F)F)[C@H]4[C@@H](O)[C@H]3O)c2)C1=O. The van der Waals surface area contributed by atoms with Crippen molar-refractivity contribution < 1.29 is 99.3 Å². The summed E-state index contributed by atoms with van der Waals surface area (Å²) in [6.45, 7) is -0.992. The number of likely N-dealkylation sites (tertiary alicyclic amines) is 3. The third-order valence-corrected chi connectivity index (χ3v) is 13.3. The molecule has 5 aliphatic heterocycles. The number of benzene rings is 1. The van der Waals surface area contributed by atoms with Gasteiger partial charge in [-0.15, -0.1) is 11.8 Å². The molecular formula is C40H51F6N7O15S. The summed E-state index contributed by atoms with van der Waals surface area (Å²) >= 11 is 1.06. The molecule has 1 aromatic rings. The van der Waals surface area contributed by atoms with E-state index in [1.807, 2.05) is 0 Å². The Balaban J connectivity index is 0.989. The Morgan fingerprint density at radius 3 is 1.67 bits per heavy atom. The zero-order chi connectivity index (χ0) is 50.5. The third kappa shape index (κ3) is 12.8. The molecule has 5 heterocycles. The second kappa shape index (κ2) is 22.3. The largest absolute Gasteiger partial charge is 0.488 e. The van der Waals surface area contributed by atoms with Gasteiger partial charge in [-0.3, -0.25) is 28.9 Å². The van der Waals surface area contributed by atoms with Gasteiger partial charge >= 0.3 is 36.2 Å². The fourth-order valence-electron chi connectivity index (χ4n) is 8.67. The number of aliphatic hydroxyl groups is 4. The van der Waals surface area contributed by atoms with Gasteiger partial charge in [0.1, 0.15) is 55.6 Å². The molecule has 11 atom stereocenters. The summed E-state index contributed by atoms with van der Waals surface area (Å²) in [7, 11) is 0. The maximum absolute atomic E-state index is 13.1. The number of imide groups is 1. The van der Waals surface area contributed by atoms with Crippen molar-refractivity contribution in [2.45, 2.75) is 111 Å². The molecule has 29 heteroatoms. The minimum Gasteiger partial charge on any atom is -0.488 e. The third-order valence-electron chi connectivity index (χ3n) is 11.9. The number of ketones is 1. The van der Waals surface area contributed by atoms with Crippen molar-refractivity contribution in [3.8, 4) is 11.5 Å². The number of urea groups is 2. The molecule has 384 valence electrons. The molecule has 5 fully saturated rings. The van der Waals surface area contributed by atoms with Gasteiger partial charge in [0.15, 0.2) is 11.5 Å². The van der Waals surface area contributed by atoms with Crippen LogP contribution in [0.2, 0.25) is 0 Å². The molecule has 69 heavy (non-hydrogen) atoms. The Morgan fingerprint density at radius 1 is 0.725 bits per heavy atom. The zero-order valence-electron chi connectivity index (χ0n) is 36.6. The fourth-order valence-corrected chi connectivity index (χ4v) is 9.63. The molecule has 8 N–H and O–H groups in total. The molecule has 0 saturated carbocycles. The van der Waals surface area contributed by atoms with Crippen molar-refractivity contribution in [3.05, 3.63) is 23.8 Å². The maximum Gasteiger partial charge on any atom is 0.471 e. The summed E-state index contributed by atoms with van der Waals surface area (Å²) in [5.74, 6) is -5.23. The van der Waals surface area contributed by atoms with Crippen LogP contribution in [-0.4, -0.2) is 213 Å². The molecular weight excluding hydrogens is 965 g/mol. The number of fused-ring (bicyclic) bond motifs is 2. The highest BCUT2D eigenvalue weighted by molar-refractivity contribution is 8.01. The highest BCUT2D eigenvalue weighted by Crippen LogP contribution is 2.37. The Labute approximate surface area is 392 Å². The molecule has 0 spiro atoms. The van der Waals surface area contributed by atoms with Gasteiger partial charge < -0.3 is 70.4 Å². The van der Waals surface area contributed by atoms with Crippen molar-refractivity contribution >= 4 is 53.2 Å². The number of aliphatic hydroxyl groups excluding tert-OH is 4. The Hall–Kier alpha value is -5.20. The van der Waals surface area contributed by atoms with Gasteiger partial charge in [-0.2, -0.15) is 26.3 Å². The predicted octanol–water partition coefficient (Wildman–Crippen LogP) is -1.70. The van der Waals surface area contributed by atoms with Crippen molar-refractivity contribution in [1.29, 1.82) is 0 Å². The number of carbonyl (C=O) groups excluding carboxylic acids is 7. The van der Waals surface area contributed by atoms with Crippen LogP contribution in [0.25, 0.3) is 0 Å². The van der Waals surface area contributed by atoms with Gasteiger partial charge in [-0.1, -0.05) is 6.07 Å². The highest BCUT2D eigenvalue weighted by atomic mass is 32.2. The van der Waals surface area contributed by atoms with Gasteiger partial charge in [0.05, 0.1) is 54.9 Å². The Bertz CT molecular complexity index is 2090. The molecule has 2 unspecified atom stereocenters. The lowest BCUT2D eigenvalue weighted by molar-refractivity contribution is -0.207. The minimum atomic E-state index is -5.20. The first-order valence-corrected chi connectivity index (χ1v) is 22.7. The summed E-state index contributed by atoms with van der Waals surface area (Å²) in [4.78, 5) is 88.2. The number of hydrogen-bond acceptors (Lipinski definition) is 16. The van der Waals surface area contributed by atoms with E-state index in [9.17, 15) is 80.3 Å². The van der Waals surface area contributed by atoms with Gasteiger partial charge in [-0.25, -0.2) is 9.59 Å². The van der Waals surface area contributed by atoms with E-state index >= 15 is 0 Å². The van der Waals surface area contributed by atoms with Crippen LogP contribution in [0, 0.1) is 0 Å². The van der Waals surface area contributed by atoms with Crippen LogP contribution < -0.4 is 30.7 Å². The standard InChI is InChI=1S/C40H51F6N7O15S/c1-18(54)17-69-26-13-27(55)53(34(26)60)16-19-2-3-20(65-10-6-47-37(63)49-14-24-30(56)32(58)28-21(67-24)4-8-51(28)35(61)39(41,42)43)23(12-19)66-11-7-48-38(64)50-15-25-31(57)33(59)29-22(68-25)5-9-52(29)36(62)40(44,45)46/h2-3,12,21-22,24-26,28-33,56-59H,4-11,13-17H2,1H3,(H2,47,49,63)(H2,48,50,64)/t21-,22-,24?,25+,26?,28+,29+,30-,31-,32+,33+/m0/s1. The highest BCUT2D eigenvalue weighted by Gasteiger charge is 2.57. The molecule has 6 rings (SSSR count). The number of rotatable bonds is 17. The van der Waals surface area contributed by atoms with Gasteiger partial charge in [0, 0.05) is 32.6 Å². The van der Waals surface area contributed by atoms with E-state index < -0.39 is 114 Å². The second-order valence-electron chi connectivity index (χ2n) is 16.7. The Morgan fingerprint density at radius 2 is 1.20 bits per heavy atom. The number of Topliss-reactive ketones (excluding diaryl/α,β-unsaturated/α-hetero) is 1. The second-order valence-corrected chi connectivity index (χ2v) is 17.9. The molecule has 0 aromatic heterocycles. The maximum atomic E-state index is 13.1. The van der Waals surface area contributed by atoms with E-state index in [1.165, 1.54) is 19.1 Å². The summed E-state index contributed by atoms with van der Waals surface area (Å²) in [5.41, 5.74) is 0.420. The number of nitrogens with zero attached hydrogens (tertiary/aromatic N) is 3. The topological polar surface area (TPSA) is 295 Å². The van der Waals surface area contributed by atoms with Crippen LogP contribution in [0.15, 0.2) is 18.2 Å². The zero-order valence-corrected chi connectivity index (χ0v) is 37.4. The summed E-state index contributed by atoms with van der Waals surface area (Å²) in [6.07, 6.45) is -22.2. The molecule has 5 saturated heterocycles. The van der Waals surface area contributed by atoms with E-state index in [4.69, 9.17) is 18.9 Å². The quantitative estimate of drug-likeness (QED) is 0.0490. The monoisotopic (exact) mass is 1020 g/mol. The summed E-state index contributed by atoms with van der Waals surface area (Å²) in [5, 5.41) is 51.5. The van der Waals surface area contributed by atoms with Crippen LogP contribution in [0.5, 0.6) is 11.5 Å². The number of thioether (sulfide) groups is 1. The van der Waals surface area contributed by atoms with Crippen molar-refractivity contribution in [2.75, 3.05) is 58.2 Å². The van der Waals surface area contributed by atoms with Crippen LogP contribution in [0.3, 0.4) is 0 Å².